The molecule has 3 aromatic heterocycles. The molecule has 3 heterocycles. The van der Waals surface area contributed by atoms with E-state index in [-0.39, 0.29) is 6.61 Å². The second kappa shape index (κ2) is 7.16. The zero-order valence-corrected chi connectivity index (χ0v) is 15.1. The lowest BCUT2D eigenvalue weighted by Gasteiger charge is -2.06. The smallest absolute Gasteiger partial charge is 0.397 e. The van der Waals surface area contributed by atoms with E-state index in [0.717, 1.165) is 19.5 Å². The van der Waals surface area contributed by atoms with Crippen LogP contribution in [0.15, 0.2) is 35.0 Å². The quantitative estimate of drug-likeness (QED) is 0.524. The Morgan fingerprint density at radius 3 is 2.29 bits per heavy atom. The number of amides is 1. The van der Waals surface area contributed by atoms with E-state index >= 15 is 0 Å². The monoisotopic (exact) mass is 378 g/mol. The van der Waals surface area contributed by atoms with Gasteiger partial charge in [0.2, 0.25) is 0 Å². The van der Waals surface area contributed by atoms with Crippen molar-refractivity contribution >= 4 is 57.3 Å². The summed E-state index contributed by atoms with van der Waals surface area (Å²) in [6.45, 7) is 1.79. The summed E-state index contributed by atoms with van der Waals surface area (Å²) in [7, 11) is 0. The molecule has 0 saturated heterocycles. The molecule has 5 nitrogen and oxygen atoms in total. The Morgan fingerprint density at radius 2 is 1.75 bits per heavy atom. The van der Waals surface area contributed by atoms with E-state index in [0.29, 0.717) is 11.4 Å². The summed E-state index contributed by atoms with van der Waals surface area (Å²) in [6.07, 6.45) is 0. The van der Waals surface area contributed by atoms with E-state index < -0.39 is 11.9 Å². The van der Waals surface area contributed by atoms with Crippen molar-refractivity contribution in [2.45, 2.75) is 6.92 Å². The number of nitrogens with one attached hydrogen (secondary N) is 1. The molecule has 8 heteroatoms. The summed E-state index contributed by atoms with van der Waals surface area (Å²) >= 11 is 4.62. The van der Waals surface area contributed by atoms with Crippen molar-refractivity contribution in [1.82, 2.24) is 0 Å². The van der Waals surface area contributed by atoms with Crippen LogP contribution in [0.2, 0.25) is 0 Å². The van der Waals surface area contributed by atoms with Gasteiger partial charge in [0.15, 0.2) is 0 Å². The minimum absolute atomic E-state index is 0.142. The van der Waals surface area contributed by atoms with Gasteiger partial charge in [-0.15, -0.1) is 34.0 Å². The second-order valence-electron chi connectivity index (χ2n) is 4.68. The summed E-state index contributed by atoms with van der Waals surface area (Å²) in [5, 5.41) is 6.54. The van der Waals surface area contributed by atoms with Gasteiger partial charge in [0, 0.05) is 9.75 Å². The first-order valence-electron chi connectivity index (χ1n) is 7.10. The molecule has 0 aliphatic rings. The topological polar surface area (TPSA) is 81.4 Å². The molecule has 124 valence electrons. The number of ether oxygens (including phenoxy) is 1. The Kier molecular flexibility index (Phi) is 4.98. The van der Waals surface area contributed by atoms with Crippen LogP contribution in [0.3, 0.4) is 0 Å². The van der Waals surface area contributed by atoms with Crippen LogP contribution in [-0.2, 0) is 14.3 Å². The average Bonchev–Trinajstić information content (AvgIpc) is 3.29. The highest BCUT2D eigenvalue weighted by molar-refractivity contribution is 7.27. The SMILES string of the molecule is CCOC(=O)C(=O)Nc1c(-c2cccs2)sc(-c2cccs2)c1N. The Morgan fingerprint density at radius 1 is 1.12 bits per heavy atom. The molecule has 0 aromatic carbocycles. The predicted octanol–water partition coefficient (Wildman–Crippen LogP) is 4.29. The Labute approximate surface area is 150 Å². The van der Waals surface area contributed by atoms with E-state index in [1.54, 1.807) is 29.6 Å². The van der Waals surface area contributed by atoms with Crippen LogP contribution in [-0.4, -0.2) is 18.5 Å². The first-order valence-corrected chi connectivity index (χ1v) is 9.67. The van der Waals surface area contributed by atoms with Gasteiger partial charge in [-0.1, -0.05) is 12.1 Å². The van der Waals surface area contributed by atoms with Gasteiger partial charge in [0.05, 0.1) is 27.7 Å². The Bertz CT molecular complexity index is 852. The van der Waals surface area contributed by atoms with Crippen molar-refractivity contribution in [2.75, 3.05) is 17.7 Å². The fourth-order valence-electron chi connectivity index (χ4n) is 2.10. The molecule has 0 bridgehead atoms. The minimum Gasteiger partial charge on any atom is -0.459 e. The maximum absolute atomic E-state index is 12.0. The van der Waals surface area contributed by atoms with Gasteiger partial charge in [-0.05, 0) is 29.8 Å². The minimum atomic E-state index is -0.919. The largest absolute Gasteiger partial charge is 0.459 e. The number of esters is 1. The molecular formula is C16H14N2O3S3. The van der Waals surface area contributed by atoms with Crippen LogP contribution >= 0.6 is 34.0 Å². The molecule has 1 amide bonds. The van der Waals surface area contributed by atoms with Crippen molar-refractivity contribution in [2.24, 2.45) is 0 Å². The summed E-state index contributed by atoms with van der Waals surface area (Å²) in [5.74, 6) is -1.74. The summed E-state index contributed by atoms with van der Waals surface area (Å²) in [5.41, 5.74) is 7.20. The van der Waals surface area contributed by atoms with E-state index in [4.69, 9.17) is 10.5 Å². The molecule has 0 aliphatic carbocycles. The zero-order chi connectivity index (χ0) is 17.1. The van der Waals surface area contributed by atoms with Crippen molar-refractivity contribution < 1.29 is 14.3 Å². The third-order valence-electron chi connectivity index (χ3n) is 3.13. The van der Waals surface area contributed by atoms with E-state index in [9.17, 15) is 9.59 Å². The van der Waals surface area contributed by atoms with Crippen LogP contribution in [0.25, 0.3) is 19.5 Å². The van der Waals surface area contributed by atoms with Crippen LogP contribution in [0.5, 0.6) is 0 Å². The number of nitrogens with two attached hydrogens (primary N) is 1. The van der Waals surface area contributed by atoms with Gasteiger partial charge >= 0.3 is 11.9 Å². The molecule has 0 fully saturated rings. The molecule has 3 rings (SSSR count). The first-order chi connectivity index (χ1) is 11.6. The second-order valence-corrected chi connectivity index (χ2v) is 7.59. The number of anilines is 2. The predicted molar refractivity (Wildman–Crippen MR) is 101 cm³/mol. The molecule has 0 saturated carbocycles. The van der Waals surface area contributed by atoms with Gasteiger partial charge in [0.1, 0.15) is 0 Å². The summed E-state index contributed by atoms with van der Waals surface area (Å²) < 4.78 is 4.74. The normalized spacial score (nSPS) is 10.5. The first kappa shape index (κ1) is 16.7. The maximum Gasteiger partial charge on any atom is 0.397 e. The lowest BCUT2D eigenvalue weighted by atomic mass is 10.2. The highest BCUT2D eigenvalue weighted by atomic mass is 32.1. The fraction of sp³-hybridized carbons (Fsp3) is 0.125. The van der Waals surface area contributed by atoms with Crippen LogP contribution < -0.4 is 11.1 Å². The summed E-state index contributed by atoms with van der Waals surface area (Å²) in [6, 6.07) is 7.80. The number of carbonyl (C=O) groups is 2. The number of hydrogen-bond acceptors (Lipinski definition) is 7. The molecule has 0 atom stereocenters. The molecule has 3 aromatic rings. The van der Waals surface area contributed by atoms with Crippen LogP contribution in [0, 0.1) is 0 Å². The standard InChI is InChI=1S/C16H14N2O3S3/c1-2-21-16(20)15(19)18-12-11(17)13(9-5-3-7-22-9)24-14(12)10-6-4-8-23-10/h3-8H,2,17H2,1H3,(H,18,19). The third-order valence-corrected chi connectivity index (χ3v) is 6.44. The number of rotatable bonds is 4. The third kappa shape index (κ3) is 3.21. The highest BCUT2D eigenvalue weighted by Crippen LogP contribution is 2.49. The molecule has 3 N–H and O–H groups in total. The number of nitrogen functional groups attached to an aromatic ring is 1. The van der Waals surface area contributed by atoms with Crippen molar-refractivity contribution in [3.8, 4) is 19.5 Å². The van der Waals surface area contributed by atoms with Crippen molar-refractivity contribution in [3.05, 3.63) is 35.0 Å². The van der Waals surface area contributed by atoms with Gasteiger partial charge in [-0.25, -0.2) is 4.79 Å². The molecular weight excluding hydrogens is 364 g/mol. The Hall–Kier alpha value is -2.16. The molecule has 0 spiro atoms. The number of thiophene rings is 3. The van der Waals surface area contributed by atoms with E-state index in [2.05, 4.69) is 5.32 Å². The van der Waals surface area contributed by atoms with E-state index in [1.807, 2.05) is 35.0 Å². The molecule has 0 unspecified atom stereocenters. The van der Waals surface area contributed by atoms with Gasteiger partial charge in [-0.3, -0.25) is 4.79 Å². The highest BCUT2D eigenvalue weighted by Gasteiger charge is 2.24. The lowest BCUT2D eigenvalue weighted by molar-refractivity contribution is -0.152. The van der Waals surface area contributed by atoms with Crippen molar-refractivity contribution in [1.29, 1.82) is 0 Å². The summed E-state index contributed by atoms with van der Waals surface area (Å²) in [4.78, 5) is 27.4. The fourth-order valence-corrected chi connectivity index (χ4v) is 5.00. The molecule has 0 radical (unpaired) electrons. The van der Waals surface area contributed by atoms with Gasteiger partial charge < -0.3 is 15.8 Å². The lowest BCUT2D eigenvalue weighted by Crippen LogP contribution is -2.25. The number of carbonyl (C=O) groups excluding carboxylic acids is 2. The van der Waals surface area contributed by atoms with Crippen LogP contribution in [0.4, 0.5) is 11.4 Å². The number of hydrogen-bond donors (Lipinski definition) is 2. The van der Waals surface area contributed by atoms with E-state index in [1.165, 1.54) is 11.3 Å². The van der Waals surface area contributed by atoms with Crippen LogP contribution in [0.1, 0.15) is 6.92 Å². The molecule has 24 heavy (non-hydrogen) atoms. The van der Waals surface area contributed by atoms with Gasteiger partial charge in [-0.2, -0.15) is 0 Å². The maximum atomic E-state index is 12.0. The Balaban J connectivity index is 2.03. The van der Waals surface area contributed by atoms with Gasteiger partial charge in [0.25, 0.3) is 0 Å². The average molecular weight is 379 g/mol. The zero-order valence-electron chi connectivity index (χ0n) is 12.7. The van der Waals surface area contributed by atoms with Crippen molar-refractivity contribution in [3.63, 3.8) is 0 Å². The molecule has 0 aliphatic heterocycles.